The van der Waals surface area contributed by atoms with E-state index in [1.807, 2.05) is 18.4 Å². The minimum atomic E-state index is -0.413. The van der Waals surface area contributed by atoms with Crippen LogP contribution in [0.3, 0.4) is 0 Å². The van der Waals surface area contributed by atoms with E-state index in [9.17, 15) is 4.39 Å². The first-order chi connectivity index (χ1) is 8.15. The lowest BCUT2D eigenvalue weighted by Crippen LogP contribution is -2.29. The second kappa shape index (κ2) is 5.14. The molecule has 0 aliphatic heterocycles. The number of halogens is 2. The monoisotopic (exact) mass is 270 g/mol. The molecule has 0 amide bonds. The first-order valence-electron chi connectivity index (χ1n) is 5.09. The second-order valence-electron chi connectivity index (χ2n) is 3.70. The highest BCUT2D eigenvalue weighted by Gasteiger charge is 2.22. The van der Waals surface area contributed by atoms with Crippen molar-refractivity contribution in [2.75, 3.05) is 0 Å². The smallest absolute Gasteiger partial charge is 0.129 e. The SMILES string of the molecule is Cc1ccsc1C(NN)c1c(F)cccc1Cl. The summed E-state index contributed by atoms with van der Waals surface area (Å²) < 4.78 is 13.8. The molecule has 0 saturated heterocycles. The normalized spacial score (nSPS) is 12.7. The first kappa shape index (κ1) is 12.5. The number of hydrazine groups is 1. The molecule has 90 valence electrons. The van der Waals surface area contributed by atoms with Crippen molar-refractivity contribution in [2.24, 2.45) is 5.84 Å². The van der Waals surface area contributed by atoms with E-state index in [-0.39, 0.29) is 5.82 Å². The number of thiophene rings is 1. The number of hydrogen-bond donors (Lipinski definition) is 2. The Kier molecular flexibility index (Phi) is 3.79. The highest BCUT2D eigenvalue weighted by molar-refractivity contribution is 7.10. The average Bonchev–Trinajstić information content (AvgIpc) is 2.70. The molecule has 1 aromatic carbocycles. The Balaban J connectivity index is 2.53. The fourth-order valence-electron chi connectivity index (χ4n) is 1.76. The summed E-state index contributed by atoms with van der Waals surface area (Å²) in [6, 6.07) is 6.18. The van der Waals surface area contributed by atoms with Gasteiger partial charge < -0.3 is 0 Å². The molecule has 2 nitrogen and oxygen atoms in total. The van der Waals surface area contributed by atoms with E-state index in [2.05, 4.69) is 5.43 Å². The largest absolute Gasteiger partial charge is 0.271 e. The zero-order valence-electron chi connectivity index (χ0n) is 9.21. The van der Waals surface area contributed by atoms with Gasteiger partial charge in [0.05, 0.1) is 6.04 Å². The van der Waals surface area contributed by atoms with Crippen molar-refractivity contribution < 1.29 is 4.39 Å². The van der Waals surface area contributed by atoms with E-state index >= 15 is 0 Å². The maximum Gasteiger partial charge on any atom is 0.129 e. The van der Waals surface area contributed by atoms with Crippen LogP contribution in [0.25, 0.3) is 0 Å². The van der Waals surface area contributed by atoms with Crippen LogP contribution in [0, 0.1) is 12.7 Å². The quantitative estimate of drug-likeness (QED) is 0.663. The van der Waals surface area contributed by atoms with Crippen LogP contribution >= 0.6 is 22.9 Å². The van der Waals surface area contributed by atoms with Gasteiger partial charge in [-0.05, 0) is 36.1 Å². The van der Waals surface area contributed by atoms with Gasteiger partial charge in [0, 0.05) is 15.5 Å². The lowest BCUT2D eigenvalue weighted by molar-refractivity contribution is 0.563. The predicted octanol–water partition coefficient (Wildman–Crippen LogP) is 3.40. The maximum atomic E-state index is 13.8. The number of rotatable bonds is 3. The molecule has 5 heteroatoms. The van der Waals surface area contributed by atoms with Crippen molar-refractivity contribution >= 4 is 22.9 Å². The van der Waals surface area contributed by atoms with Gasteiger partial charge in [-0.2, -0.15) is 0 Å². The summed E-state index contributed by atoms with van der Waals surface area (Å²) in [6.07, 6.45) is 0. The van der Waals surface area contributed by atoms with E-state index in [1.165, 1.54) is 17.4 Å². The third kappa shape index (κ3) is 2.35. The Morgan fingerprint density at radius 3 is 2.71 bits per heavy atom. The van der Waals surface area contributed by atoms with Crippen molar-refractivity contribution in [3.8, 4) is 0 Å². The molecule has 2 rings (SSSR count). The van der Waals surface area contributed by atoms with Crippen molar-refractivity contribution in [2.45, 2.75) is 13.0 Å². The fourth-order valence-corrected chi connectivity index (χ4v) is 3.02. The van der Waals surface area contributed by atoms with Crippen LogP contribution < -0.4 is 11.3 Å². The van der Waals surface area contributed by atoms with Crippen molar-refractivity contribution in [3.05, 3.63) is 56.5 Å². The summed E-state index contributed by atoms with van der Waals surface area (Å²) in [4.78, 5) is 0.972. The van der Waals surface area contributed by atoms with Gasteiger partial charge in [0.15, 0.2) is 0 Å². The molecule has 0 saturated carbocycles. The zero-order chi connectivity index (χ0) is 12.4. The zero-order valence-corrected chi connectivity index (χ0v) is 10.8. The van der Waals surface area contributed by atoms with Crippen LogP contribution in [-0.4, -0.2) is 0 Å². The summed E-state index contributed by atoms with van der Waals surface area (Å²) in [5.41, 5.74) is 4.09. The number of benzene rings is 1. The summed E-state index contributed by atoms with van der Waals surface area (Å²) in [5, 5.41) is 2.32. The Morgan fingerprint density at radius 2 is 2.18 bits per heavy atom. The molecule has 3 N–H and O–H groups in total. The van der Waals surface area contributed by atoms with Gasteiger partial charge in [0.1, 0.15) is 5.82 Å². The number of nitrogens with two attached hydrogens (primary N) is 1. The predicted molar refractivity (Wildman–Crippen MR) is 69.6 cm³/mol. The minimum absolute atomic E-state index is 0.353. The van der Waals surface area contributed by atoms with Gasteiger partial charge in [-0.3, -0.25) is 5.84 Å². The Bertz CT molecular complexity index is 507. The van der Waals surface area contributed by atoms with Crippen molar-refractivity contribution in [3.63, 3.8) is 0 Å². The van der Waals surface area contributed by atoms with Crippen LogP contribution in [0.1, 0.15) is 22.0 Å². The third-order valence-electron chi connectivity index (χ3n) is 2.62. The molecule has 0 fully saturated rings. The van der Waals surface area contributed by atoms with Crippen LogP contribution in [0.15, 0.2) is 29.6 Å². The van der Waals surface area contributed by atoms with Crippen LogP contribution in [0.5, 0.6) is 0 Å². The van der Waals surface area contributed by atoms with Crippen LogP contribution in [-0.2, 0) is 0 Å². The molecule has 0 radical (unpaired) electrons. The highest BCUT2D eigenvalue weighted by Crippen LogP contribution is 2.34. The standard InChI is InChI=1S/C12H12ClFN2S/c1-7-5-6-17-12(7)11(16-15)10-8(13)3-2-4-9(10)14/h2-6,11,16H,15H2,1H3. The molecule has 1 heterocycles. The van der Waals surface area contributed by atoms with Crippen LogP contribution in [0.2, 0.25) is 5.02 Å². The Morgan fingerprint density at radius 1 is 1.41 bits per heavy atom. The van der Waals surface area contributed by atoms with Gasteiger partial charge in [0.25, 0.3) is 0 Å². The first-order valence-corrected chi connectivity index (χ1v) is 6.35. The summed E-state index contributed by atoms with van der Waals surface area (Å²) in [6.45, 7) is 1.96. The minimum Gasteiger partial charge on any atom is -0.271 e. The number of hydrogen-bond acceptors (Lipinski definition) is 3. The maximum absolute atomic E-state index is 13.8. The highest BCUT2D eigenvalue weighted by atomic mass is 35.5. The molecule has 0 aliphatic rings. The van der Waals surface area contributed by atoms with Gasteiger partial charge in [-0.15, -0.1) is 11.3 Å². The molecule has 1 atom stereocenters. The van der Waals surface area contributed by atoms with E-state index in [4.69, 9.17) is 17.4 Å². The van der Waals surface area contributed by atoms with Crippen molar-refractivity contribution in [1.82, 2.24) is 5.43 Å². The average molecular weight is 271 g/mol. The van der Waals surface area contributed by atoms with E-state index in [0.717, 1.165) is 10.4 Å². The summed E-state index contributed by atoms with van der Waals surface area (Å²) >= 11 is 7.57. The molecule has 0 aliphatic carbocycles. The topological polar surface area (TPSA) is 38.0 Å². The molecular formula is C12H12ClFN2S. The molecule has 2 aromatic rings. The molecule has 0 spiro atoms. The fraction of sp³-hybridized carbons (Fsp3) is 0.167. The van der Waals surface area contributed by atoms with Gasteiger partial charge in [0.2, 0.25) is 0 Å². The molecule has 0 bridgehead atoms. The van der Waals surface area contributed by atoms with E-state index in [1.54, 1.807) is 12.1 Å². The van der Waals surface area contributed by atoms with Gasteiger partial charge >= 0.3 is 0 Å². The molecule has 1 unspecified atom stereocenters. The van der Waals surface area contributed by atoms with Gasteiger partial charge in [-0.1, -0.05) is 17.7 Å². The summed E-state index contributed by atoms with van der Waals surface area (Å²) in [5.74, 6) is 5.18. The number of nitrogens with one attached hydrogen (secondary N) is 1. The van der Waals surface area contributed by atoms with E-state index in [0.29, 0.717) is 10.6 Å². The Labute approximate surface area is 108 Å². The molecule has 1 aromatic heterocycles. The lowest BCUT2D eigenvalue weighted by Gasteiger charge is -2.18. The van der Waals surface area contributed by atoms with Crippen molar-refractivity contribution in [1.29, 1.82) is 0 Å². The second-order valence-corrected chi connectivity index (χ2v) is 5.06. The number of aryl methyl sites for hydroxylation is 1. The molecular weight excluding hydrogens is 259 g/mol. The Hall–Kier alpha value is -0.940. The summed E-state index contributed by atoms with van der Waals surface area (Å²) in [7, 11) is 0. The van der Waals surface area contributed by atoms with Crippen LogP contribution in [0.4, 0.5) is 4.39 Å². The molecule has 17 heavy (non-hydrogen) atoms. The third-order valence-corrected chi connectivity index (χ3v) is 4.03. The lowest BCUT2D eigenvalue weighted by atomic mass is 10.0. The van der Waals surface area contributed by atoms with Gasteiger partial charge in [-0.25, -0.2) is 9.82 Å². The van der Waals surface area contributed by atoms with E-state index < -0.39 is 6.04 Å².